The summed E-state index contributed by atoms with van der Waals surface area (Å²) in [5.41, 5.74) is 0. The topological polar surface area (TPSA) is 49.3 Å². The van der Waals surface area contributed by atoms with E-state index in [1.807, 2.05) is 0 Å². The van der Waals surface area contributed by atoms with Gasteiger partial charge in [-0.25, -0.2) is 0 Å². The molecule has 0 aliphatic carbocycles. The van der Waals surface area contributed by atoms with Crippen molar-refractivity contribution in [1.82, 2.24) is 3.88 Å². The average molecular weight is 222 g/mol. The van der Waals surface area contributed by atoms with Crippen molar-refractivity contribution in [3.63, 3.8) is 0 Å². The molecule has 0 spiro atoms. The van der Waals surface area contributed by atoms with E-state index in [-0.39, 0.29) is 0 Å². The number of amides is 1. The molecule has 1 amide bonds. The summed E-state index contributed by atoms with van der Waals surface area (Å²) in [5, 5.41) is 7.92. The van der Waals surface area contributed by atoms with Gasteiger partial charge in [0.1, 0.15) is 0 Å². The maximum atomic E-state index is 9.64. The minimum absolute atomic E-state index is 1.04. The molecule has 0 bridgehead atoms. The van der Waals surface area contributed by atoms with Gasteiger partial charge in [0.2, 0.25) is 0 Å². The standard InChI is InChI=1S/CH2NO2.Mo.2H2S/c2-1(3)4;;;/h2H,(H,3,4);;2*1H2/q-1;+3;;/p-2. The molecule has 6 heteroatoms. The van der Waals surface area contributed by atoms with Crippen molar-refractivity contribution in [1.29, 1.82) is 0 Å². The van der Waals surface area contributed by atoms with Gasteiger partial charge >= 0.3 is 55.5 Å². The van der Waals surface area contributed by atoms with Gasteiger partial charge in [0.05, 0.1) is 0 Å². The van der Waals surface area contributed by atoms with Crippen LogP contribution in [0.4, 0.5) is 4.79 Å². The van der Waals surface area contributed by atoms with Crippen LogP contribution in [-0.2, 0) is 15.0 Å². The van der Waals surface area contributed by atoms with Crippen LogP contribution < -0.4 is 3.88 Å². The summed E-state index contributed by atoms with van der Waals surface area (Å²) in [6.45, 7) is 0. The number of nitrogens with one attached hydrogen (secondary N) is 1. The maximum absolute atomic E-state index is 9.64. The molecule has 3 nitrogen and oxygen atoms in total. The first-order chi connectivity index (χ1) is 3.13. The number of thiol groups is 2. The van der Waals surface area contributed by atoms with E-state index in [0.717, 1.165) is 0 Å². The van der Waals surface area contributed by atoms with Crippen molar-refractivity contribution in [3.05, 3.63) is 0 Å². The summed E-state index contributed by atoms with van der Waals surface area (Å²) in [7, 11) is 7.56. The molecule has 0 aliphatic heterocycles. The second kappa shape index (κ2) is 3.63. The Bertz CT molecular complexity index is 76.1. The fourth-order valence-corrected chi connectivity index (χ4v) is 1.39. The monoisotopic (exact) mass is 224 g/mol. The van der Waals surface area contributed by atoms with Crippen molar-refractivity contribution in [2.45, 2.75) is 0 Å². The number of hydrogen-bond donors (Lipinski definition) is 4. The van der Waals surface area contributed by atoms with E-state index >= 15 is 0 Å². The molecule has 0 radical (unpaired) electrons. The van der Waals surface area contributed by atoms with Gasteiger partial charge in [-0.15, -0.1) is 0 Å². The Morgan fingerprint density at radius 3 is 2.14 bits per heavy atom. The van der Waals surface area contributed by atoms with Gasteiger partial charge in [0, 0.05) is 0 Å². The van der Waals surface area contributed by atoms with Gasteiger partial charge in [-0.2, -0.15) is 0 Å². The van der Waals surface area contributed by atoms with Crippen LogP contribution in [0.15, 0.2) is 0 Å². The van der Waals surface area contributed by atoms with Gasteiger partial charge in [0.25, 0.3) is 0 Å². The van der Waals surface area contributed by atoms with Crippen LogP contribution in [0.1, 0.15) is 0 Å². The summed E-state index contributed by atoms with van der Waals surface area (Å²) in [5.74, 6) is 0. The summed E-state index contributed by atoms with van der Waals surface area (Å²) >= 11 is -1.94. The SMILES string of the molecule is O=C(O)[NH][Mo]([SH])[SH]. The zero-order chi connectivity index (χ0) is 5.86. The Kier molecular flexibility index (Phi) is 3.98. The van der Waals surface area contributed by atoms with Crippen molar-refractivity contribution >= 4 is 26.8 Å². The van der Waals surface area contributed by atoms with Crippen LogP contribution in [0.2, 0.25) is 0 Å². The molecular formula is CH4MoNO2S2. The van der Waals surface area contributed by atoms with Crippen molar-refractivity contribution in [2.75, 3.05) is 0 Å². The Morgan fingerprint density at radius 1 is 1.71 bits per heavy atom. The quantitative estimate of drug-likeness (QED) is 0.385. The molecule has 2 N–H and O–H groups in total. The molecule has 0 fully saturated rings. The number of carbonyl (C=O) groups is 1. The normalized spacial score (nSPS) is 9.00. The summed E-state index contributed by atoms with van der Waals surface area (Å²) < 4.78 is 2.12. The van der Waals surface area contributed by atoms with E-state index in [2.05, 4.69) is 24.5 Å². The van der Waals surface area contributed by atoms with Crippen LogP contribution in [0.3, 0.4) is 0 Å². The molecule has 0 saturated heterocycles. The molecule has 0 atom stereocenters. The second-order valence-electron chi connectivity index (χ2n) is 0.671. The van der Waals surface area contributed by atoms with E-state index in [1.165, 1.54) is 0 Å². The van der Waals surface area contributed by atoms with E-state index in [1.54, 1.807) is 0 Å². The van der Waals surface area contributed by atoms with E-state index in [0.29, 0.717) is 0 Å². The Hall–Kier alpha value is 0.658. The predicted molar refractivity (Wildman–Crippen MR) is 29.1 cm³/mol. The van der Waals surface area contributed by atoms with E-state index in [9.17, 15) is 4.79 Å². The summed E-state index contributed by atoms with van der Waals surface area (Å²) in [4.78, 5) is 9.64. The zero-order valence-electron chi connectivity index (χ0n) is 3.16. The zero-order valence-corrected chi connectivity index (χ0v) is 6.95. The first-order valence-corrected chi connectivity index (χ1v) is 8.37. The third-order valence-electron chi connectivity index (χ3n) is 0.179. The van der Waals surface area contributed by atoms with Gasteiger partial charge in [0.15, 0.2) is 0 Å². The first kappa shape index (κ1) is 7.66. The number of carboxylic acid groups (broad SMARTS) is 1. The molecule has 0 saturated carbocycles. The Balaban J connectivity index is 3.13. The molecule has 0 aromatic rings. The number of rotatable bonds is 1. The second-order valence-corrected chi connectivity index (χ2v) is 8.50. The molecule has 43 valence electrons. The first-order valence-electron chi connectivity index (χ1n) is 1.25. The Morgan fingerprint density at radius 2 is 2.14 bits per heavy atom. The molecule has 0 unspecified atom stereocenters. The van der Waals surface area contributed by atoms with Crippen LogP contribution in [-0.4, -0.2) is 11.2 Å². The fraction of sp³-hybridized carbons (Fsp3) is 0. The van der Waals surface area contributed by atoms with E-state index in [4.69, 9.17) is 5.11 Å². The molecular weight excluding hydrogens is 218 g/mol. The van der Waals surface area contributed by atoms with Crippen LogP contribution in [0, 0.1) is 0 Å². The van der Waals surface area contributed by atoms with Gasteiger partial charge in [-0.1, -0.05) is 0 Å². The molecule has 0 rings (SSSR count). The van der Waals surface area contributed by atoms with Crippen molar-refractivity contribution < 1.29 is 24.9 Å². The third kappa shape index (κ3) is 6.66. The molecule has 0 aliphatic rings. The molecule has 0 heterocycles. The van der Waals surface area contributed by atoms with Crippen molar-refractivity contribution in [2.24, 2.45) is 0 Å². The van der Waals surface area contributed by atoms with Crippen LogP contribution in [0.5, 0.6) is 0 Å². The molecule has 0 aromatic carbocycles. The fourth-order valence-electron chi connectivity index (χ4n) is 0.0781. The van der Waals surface area contributed by atoms with Crippen molar-refractivity contribution in [3.8, 4) is 0 Å². The van der Waals surface area contributed by atoms with Gasteiger partial charge in [-0.3, -0.25) is 0 Å². The minimum atomic E-state index is -1.94. The molecule has 0 aromatic heterocycles. The van der Waals surface area contributed by atoms with E-state index < -0.39 is 21.1 Å². The van der Waals surface area contributed by atoms with Gasteiger partial charge < -0.3 is 0 Å². The summed E-state index contributed by atoms with van der Waals surface area (Å²) in [6.07, 6.45) is -1.04. The number of hydrogen-bond acceptors (Lipinski definition) is 3. The summed E-state index contributed by atoms with van der Waals surface area (Å²) in [6, 6.07) is 0. The average Bonchev–Trinajstić information content (AvgIpc) is 1.27. The third-order valence-corrected chi connectivity index (χ3v) is 2.14. The molecule has 7 heavy (non-hydrogen) atoms. The van der Waals surface area contributed by atoms with Crippen LogP contribution >= 0.6 is 20.7 Å². The Labute approximate surface area is 55.6 Å². The van der Waals surface area contributed by atoms with Gasteiger partial charge in [-0.05, 0) is 0 Å². The van der Waals surface area contributed by atoms with Crippen LogP contribution in [0.25, 0.3) is 0 Å². The predicted octanol–water partition coefficient (Wildman–Crippen LogP) is 0.477.